The zero-order chi connectivity index (χ0) is 22.7. The molecule has 1 heterocycles. The second-order valence-electron chi connectivity index (χ2n) is 6.94. The van der Waals surface area contributed by atoms with Gasteiger partial charge in [0.15, 0.2) is 5.11 Å². The number of hydrogen-bond acceptors (Lipinski definition) is 7. The van der Waals surface area contributed by atoms with Crippen molar-refractivity contribution in [2.75, 3.05) is 23.3 Å². The number of nitro groups is 2. The molecule has 3 rings (SSSR count). The number of aryl methyl sites for hydroxylation is 1. The van der Waals surface area contributed by atoms with Gasteiger partial charge in [-0.2, -0.15) is 0 Å². The van der Waals surface area contributed by atoms with Crippen LogP contribution >= 0.6 is 23.8 Å². The maximum Gasteiger partial charge on any atom is 0.293 e. The number of nitro benzene ring substituents is 2. The zero-order valence-corrected chi connectivity index (χ0v) is 18.0. The van der Waals surface area contributed by atoms with Crippen molar-refractivity contribution in [3.63, 3.8) is 0 Å². The molecule has 0 aliphatic carbocycles. The minimum Gasteiger partial charge on any atom is -0.366 e. The minimum atomic E-state index is -0.626. The topological polar surface area (TPSA) is 131 Å². The van der Waals surface area contributed by atoms with E-state index >= 15 is 0 Å². The highest BCUT2D eigenvalue weighted by Gasteiger charge is 2.24. The first-order chi connectivity index (χ1) is 14.7. The van der Waals surface area contributed by atoms with E-state index in [1.54, 1.807) is 13.0 Å². The summed E-state index contributed by atoms with van der Waals surface area (Å²) in [5.74, 6) is -0.626. The van der Waals surface area contributed by atoms with Gasteiger partial charge in [0.2, 0.25) is 0 Å². The average molecular weight is 464 g/mol. The fraction of sp³-hybridized carbons (Fsp3) is 0.263. The highest BCUT2D eigenvalue weighted by molar-refractivity contribution is 7.80. The van der Waals surface area contributed by atoms with Crippen molar-refractivity contribution in [1.29, 1.82) is 0 Å². The Bertz CT molecular complexity index is 1090. The number of halogens is 1. The lowest BCUT2D eigenvalue weighted by Crippen LogP contribution is -2.34. The second-order valence-corrected chi connectivity index (χ2v) is 7.75. The van der Waals surface area contributed by atoms with Crippen LogP contribution in [0.2, 0.25) is 5.02 Å². The Kier molecular flexibility index (Phi) is 6.66. The molecule has 1 aliphatic heterocycles. The predicted molar refractivity (Wildman–Crippen MR) is 121 cm³/mol. The third-order valence-corrected chi connectivity index (χ3v) is 5.35. The van der Waals surface area contributed by atoms with Gasteiger partial charge in [-0.15, -0.1) is 0 Å². The van der Waals surface area contributed by atoms with E-state index in [1.807, 2.05) is 4.90 Å². The highest BCUT2D eigenvalue weighted by Crippen LogP contribution is 2.32. The van der Waals surface area contributed by atoms with Gasteiger partial charge in [-0.05, 0) is 55.7 Å². The Hall–Kier alpha value is -3.31. The van der Waals surface area contributed by atoms with E-state index in [4.69, 9.17) is 23.8 Å². The number of nitrogens with zero attached hydrogens (tertiary/aromatic N) is 3. The third kappa shape index (κ3) is 5.06. The molecule has 2 aromatic rings. The van der Waals surface area contributed by atoms with Gasteiger partial charge >= 0.3 is 0 Å². The molecule has 31 heavy (non-hydrogen) atoms. The lowest BCUT2D eigenvalue weighted by atomic mass is 10.1. The predicted octanol–water partition coefficient (Wildman–Crippen LogP) is 4.19. The van der Waals surface area contributed by atoms with Gasteiger partial charge in [0, 0.05) is 36.5 Å². The molecule has 1 fully saturated rings. The molecule has 12 heteroatoms. The van der Waals surface area contributed by atoms with Crippen LogP contribution in [0, 0.1) is 27.2 Å². The first kappa shape index (κ1) is 22.4. The van der Waals surface area contributed by atoms with Gasteiger partial charge in [-0.1, -0.05) is 11.6 Å². The Balaban J connectivity index is 1.75. The number of anilines is 2. The number of amides is 1. The molecule has 0 atom stereocenters. The number of carbonyl (C=O) groups is 1. The molecule has 0 saturated carbocycles. The average Bonchev–Trinajstić information content (AvgIpc) is 3.24. The monoisotopic (exact) mass is 463 g/mol. The minimum absolute atomic E-state index is 0.0794. The Morgan fingerprint density at radius 1 is 1.10 bits per heavy atom. The summed E-state index contributed by atoms with van der Waals surface area (Å²) in [5, 5.41) is 27.5. The maximum absolute atomic E-state index is 12.6. The molecule has 0 unspecified atom stereocenters. The highest BCUT2D eigenvalue weighted by atomic mass is 35.5. The van der Waals surface area contributed by atoms with Crippen LogP contribution in [0.5, 0.6) is 0 Å². The van der Waals surface area contributed by atoms with Crippen LogP contribution in [-0.4, -0.2) is 34.0 Å². The van der Waals surface area contributed by atoms with Crippen LogP contribution in [0.25, 0.3) is 0 Å². The van der Waals surface area contributed by atoms with Gasteiger partial charge in [0.25, 0.3) is 17.3 Å². The lowest BCUT2D eigenvalue weighted by Gasteiger charge is -2.18. The van der Waals surface area contributed by atoms with Crippen LogP contribution in [0.4, 0.5) is 22.7 Å². The Morgan fingerprint density at radius 3 is 2.35 bits per heavy atom. The molecule has 1 saturated heterocycles. The number of benzene rings is 2. The largest absolute Gasteiger partial charge is 0.366 e. The first-order valence-electron chi connectivity index (χ1n) is 9.27. The third-order valence-electron chi connectivity index (χ3n) is 4.85. The summed E-state index contributed by atoms with van der Waals surface area (Å²) in [7, 11) is 0. The molecule has 2 aromatic carbocycles. The van der Waals surface area contributed by atoms with E-state index in [0.717, 1.165) is 25.9 Å². The van der Waals surface area contributed by atoms with E-state index in [0.29, 0.717) is 16.9 Å². The van der Waals surface area contributed by atoms with Crippen molar-refractivity contribution in [3.8, 4) is 0 Å². The molecule has 0 radical (unpaired) electrons. The Labute approximate surface area is 187 Å². The van der Waals surface area contributed by atoms with E-state index < -0.39 is 15.8 Å². The summed E-state index contributed by atoms with van der Waals surface area (Å²) in [6.45, 7) is 3.09. The van der Waals surface area contributed by atoms with Crippen molar-refractivity contribution in [2.45, 2.75) is 19.8 Å². The summed E-state index contributed by atoms with van der Waals surface area (Å²) in [6, 6.07) is 6.92. The van der Waals surface area contributed by atoms with Crippen LogP contribution in [-0.2, 0) is 0 Å². The van der Waals surface area contributed by atoms with Gasteiger partial charge < -0.3 is 10.2 Å². The molecule has 0 bridgehead atoms. The first-order valence-corrected chi connectivity index (χ1v) is 10.1. The van der Waals surface area contributed by atoms with Gasteiger partial charge in [-0.3, -0.25) is 30.3 Å². The van der Waals surface area contributed by atoms with Crippen molar-refractivity contribution in [1.82, 2.24) is 5.32 Å². The fourth-order valence-electron chi connectivity index (χ4n) is 3.31. The summed E-state index contributed by atoms with van der Waals surface area (Å²) < 4.78 is 0. The molecular formula is C19H18ClN5O5S. The standard InChI is InChI=1S/C19H18ClN5O5S/c1-11-8-16(24(27)28)13(20)10-14(11)21-19(31)22-18(26)12-4-5-15(17(9-12)25(29)30)23-6-2-3-7-23/h4-5,8-10H,2-3,6-7H2,1H3,(H2,21,22,26,31). The zero-order valence-electron chi connectivity index (χ0n) is 16.4. The summed E-state index contributed by atoms with van der Waals surface area (Å²) in [6.07, 6.45) is 1.93. The van der Waals surface area contributed by atoms with Crippen molar-refractivity contribution < 1.29 is 14.6 Å². The van der Waals surface area contributed by atoms with Crippen molar-refractivity contribution in [3.05, 3.63) is 66.7 Å². The lowest BCUT2D eigenvalue weighted by molar-refractivity contribution is -0.384. The molecule has 162 valence electrons. The van der Waals surface area contributed by atoms with E-state index in [-0.39, 0.29) is 27.1 Å². The SMILES string of the molecule is Cc1cc([N+](=O)[O-])c(Cl)cc1NC(=S)NC(=O)c1ccc(N2CCCC2)c([N+](=O)[O-])c1. The van der Waals surface area contributed by atoms with Gasteiger partial charge in [0.05, 0.1) is 9.85 Å². The number of thiocarbonyl (C=S) groups is 1. The molecular weight excluding hydrogens is 446 g/mol. The van der Waals surface area contributed by atoms with Crippen molar-refractivity contribution in [2.24, 2.45) is 0 Å². The smallest absolute Gasteiger partial charge is 0.293 e. The van der Waals surface area contributed by atoms with Crippen LogP contribution in [0.3, 0.4) is 0 Å². The molecule has 2 N–H and O–H groups in total. The normalized spacial score (nSPS) is 13.0. The number of rotatable bonds is 5. The molecule has 1 amide bonds. The number of carbonyl (C=O) groups excluding carboxylic acids is 1. The molecule has 1 aliphatic rings. The fourth-order valence-corrected chi connectivity index (χ4v) is 3.74. The van der Waals surface area contributed by atoms with Crippen molar-refractivity contribution >= 4 is 57.6 Å². The second kappa shape index (κ2) is 9.23. The molecule has 0 aromatic heterocycles. The molecule has 0 spiro atoms. The van der Waals surface area contributed by atoms with E-state index in [9.17, 15) is 25.0 Å². The van der Waals surface area contributed by atoms with E-state index in [2.05, 4.69) is 10.6 Å². The molecule has 10 nitrogen and oxygen atoms in total. The van der Waals surface area contributed by atoms with Crippen LogP contribution in [0.15, 0.2) is 30.3 Å². The summed E-state index contributed by atoms with van der Waals surface area (Å²) in [5.41, 5.74) is 1.05. The Morgan fingerprint density at radius 2 is 1.74 bits per heavy atom. The van der Waals surface area contributed by atoms with Gasteiger partial charge in [-0.25, -0.2) is 0 Å². The van der Waals surface area contributed by atoms with Gasteiger partial charge in [0.1, 0.15) is 10.7 Å². The quantitative estimate of drug-likeness (QED) is 0.383. The van der Waals surface area contributed by atoms with Crippen LogP contribution in [0.1, 0.15) is 28.8 Å². The summed E-state index contributed by atoms with van der Waals surface area (Å²) in [4.78, 5) is 35.8. The number of hydrogen-bond donors (Lipinski definition) is 2. The number of nitrogens with one attached hydrogen (secondary N) is 2. The summed E-state index contributed by atoms with van der Waals surface area (Å²) >= 11 is 11.1. The maximum atomic E-state index is 12.6. The van der Waals surface area contributed by atoms with Crippen LogP contribution < -0.4 is 15.5 Å². The van der Waals surface area contributed by atoms with E-state index in [1.165, 1.54) is 24.3 Å².